The molecule has 0 radical (unpaired) electrons. The first-order chi connectivity index (χ1) is 12.9. The molecule has 1 heterocycles. The number of halogens is 1. The Morgan fingerprint density at radius 1 is 1.07 bits per heavy atom. The average molecular weight is 425 g/mol. The van der Waals surface area contributed by atoms with Crippen LogP contribution in [0.25, 0.3) is 0 Å². The molecule has 0 aliphatic rings. The lowest BCUT2D eigenvalue weighted by Crippen LogP contribution is -2.37. The molecule has 4 heteroatoms. The number of aryl methyl sites for hydroxylation is 1. The second-order valence-electron chi connectivity index (χ2n) is 7.15. The summed E-state index contributed by atoms with van der Waals surface area (Å²) in [5.41, 5.74) is 4.36. The molecule has 0 saturated carbocycles. The molecular formula is C23H25BrN2O. The van der Waals surface area contributed by atoms with Crippen molar-refractivity contribution in [3.63, 3.8) is 0 Å². The number of carbonyl (C=O) groups excluding carboxylic acids is 1. The molecule has 27 heavy (non-hydrogen) atoms. The maximum Gasteiger partial charge on any atom is 0.254 e. The van der Waals surface area contributed by atoms with E-state index in [-0.39, 0.29) is 11.9 Å². The lowest BCUT2D eigenvalue weighted by atomic mass is 10.1. The van der Waals surface area contributed by atoms with Gasteiger partial charge in [-0.2, -0.15) is 0 Å². The minimum Gasteiger partial charge on any atom is -0.345 e. The third-order valence-electron chi connectivity index (χ3n) is 4.65. The van der Waals surface area contributed by atoms with Crippen molar-refractivity contribution in [3.05, 3.63) is 93.7 Å². The Hall–Kier alpha value is -2.33. The highest BCUT2D eigenvalue weighted by molar-refractivity contribution is 9.10. The van der Waals surface area contributed by atoms with Crippen LogP contribution in [-0.2, 0) is 13.1 Å². The first-order valence-electron chi connectivity index (χ1n) is 9.20. The van der Waals surface area contributed by atoms with Crippen molar-refractivity contribution >= 4 is 21.8 Å². The summed E-state index contributed by atoms with van der Waals surface area (Å²) >= 11 is 3.46. The fourth-order valence-corrected chi connectivity index (χ4v) is 3.60. The third-order valence-corrected chi connectivity index (χ3v) is 5.14. The molecule has 1 aromatic heterocycles. The molecule has 0 atom stereocenters. The standard InChI is InChI=1S/C23H25BrN2O/c1-17(2)26(23(27)20-9-5-10-21(24)14-20)16-22-11-6-12-25(22)15-19-8-4-7-18(3)13-19/h4-14,17H,15-16H2,1-3H3. The molecule has 3 aromatic rings. The highest BCUT2D eigenvalue weighted by atomic mass is 79.9. The molecule has 0 spiro atoms. The molecule has 0 fully saturated rings. The number of rotatable bonds is 6. The van der Waals surface area contributed by atoms with Gasteiger partial charge in [0.25, 0.3) is 5.91 Å². The topological polar surface area (TPSA) is 25.2 Å². The van der Waals surface area contributed by atoms with Crippen LogP contribution in [0.5, 0.6) is 0 Å². The van der Waals surface area contributed by atoms with Crippen molar-refractivity contribution in [1.29, 1.82) is 0 Å². The number of hydrogen-bond acceptors (Lipinski definition) is 1. The average Bonchev–Trinajstić information content (AvgIpc) is 3.05. The van der Waals surface area contributed by atoms with E-state index in [1.165, 1.54) is 11.1 Å². The lowest BCUT2D eigenvalue weighted by Gasteiger charge is -2.27. The second kappa shape index (κ2) is 8.57. The van der Waals surface area contributed by atoms with E-state index in [9.17, 15) is 4.79 Å². The maximum atomic E-state index is 13.1. The monoisotopic (exact) mass is 424 g/mol. The highest BCUT2D eigenvalue weighted by Crippen LogP contribution is 2.18. The molecule has 0 aliphatic carbocycles. The van der Waals surface area contributed by atoms with Crippen LogP contribution in [0.1, 0.15) is 41.0 Å². The molecule has 2 aromatic carbocycles. The quantitative estimate of drug-likeness (QED) is 0.501. The molecule has 3 nitrogen and oxygen atoms in total. The lowest BCUT2D eigenvalue weighted by molar-refractivity contribution is 0.0686. The van der Waals surface area contributed by atoms with Crippen molar-refractivity contribution in [3.8, 4) is 0 Å². The SMILES string of the molecule is Cc1cccc(Cn2cccc2CN(C(=O)c2cccc(Br)c2)C(C)C)c1. The Kier molecular flexibility index (Phi) is 6.17. The van der Waals surface area contributed by atoms with Gasteiger partial charge in [-0.25, -0.2) is 0 Å². The van der Waals surface area contributed by atoms with E-state index in [4.69, 9.17) is 0 Å². The van der Waals surface area contributed by atoms with Crippen molar-refractivity contribution in [2.24, 2.45) is 0 Å². The van der Waals surface area contributed by atoms with Crippen molar-refractivity contribution in [1.82, 2.24) is 9.47 Å². The first kappa shape index (κ1) is 19.4. The molecule has 0 N–H and O–H groups in total. The first-order valence-corrected chi connectivity index (χ1v) is 9.99. The van der Waals surface area contributed by atoms with E-state index in [0.29, 0.717) is 12.1 Å². The van der Waals surface area contributed by atoms with Crippen molar-refractivity contribution < 1.29 is 4.79 Å². The summed E-state index contributed by atoms with van der Waals surface area (Å²) in [6, 6.07) is 20.4. The van der Waals surface area contributed by atoms with Crippen molar-refractivity contribution in [2.45, 2.75) is 39.9 Å². The fourth-order valence-electron chi connectivity index (χ4n) is 3.21. The van der Waals surface area contributed by atoms with E-state index >= 15 is 0 Å². The van der Waals surface area contributed by atoms with Gasteiger partial charge in [-0.15, -0.1) is 0 Å². The fraction of sp³-hybridized carbons (Fsp3) is 0.261. The van der Waals surface area contributed by atoms with Gasteiger partial charge in [-0.05, 0) is 56.7 Å². The van der Waals surface area contributed by atoms with E-state index in [1.807, 2.05) is 35.2 Å². The third kappa shape index (κ3) is 4.89. The molecule has 3 rings (SSSR count). The van der Waals surface area contributed by atoms with Gasteiger partial charge in [-0.1, -0.05) is 51.8 Å². The van der Waals surface area contributed by atoms with Gasteiger partial charge in [-0.3, -0.25) is 4.79 Å². The minimum atomic E-state index is 0.0506. The van der Waals surface area contributed by atoms with Crippen LogP contribution in [0, 0.1) is 6.92 Å². The van der Waals surface area contributed by atoms with Crippen LogP contribution in [0.2, 0.25) is 0 Å². The van der Waals surface area contributed by atoms with E-state index in [2.05, 4.69) is 77.8 Å². The van der Waals surface area contributed by atoms with Gasteiger partial charge in [0.1, 0.15) is 0 Å². The largest absolute Gasteiger partial charge is 0.345 e. The van der Waals surface area contributed by atoms with Crippen LogP contribution in [0.3, 0.4) is 0 Å². The Labute approximate surface area is 169 Å². The summed E-state index contributed by atoms with van der Waals surface area (Å²) in [5, 5.41) is 0. The zero-order chi connectivity index (χ0) is 19.4. The van der Waals surface area contributed by atoms with Crippen LogP contribution in [-0.4, -0.2) is 21.4 Å². The predicted octanol–water partition coefficient (Wildman–Crippen LogP) is 5.66. The Morgan fingerprint density at radius 2 is 1.85 bits per heavy atom. The molecule has 0 bridgehead atoms. The zero-order valence-electron chi connectivity index (χ0n) is 16.0. The van der Waals surface area contributed by atoms with Gasteiger partial charge in [0, 0.05) is 34.5 Å². The molecule has 0 saturated heterocycles. The molecule has 1 amide bonds. The van der Waals surface area contributed by atoms with Gasteiger partial charge in [0.05, 0.1) is 6.54 Å². The maximum absolute atomic E-state index is 13.1. The molecule has 140 valence electrons. The Morgan fingerprint density at radius 3 is 2.56 bits per heavy atom. The summed E-state index contributed by atoms with van der Waals surface area (Å²) in [4.78, 5) is 15.0. The van der Waals surface area contributed by atoms with Crippen LogP contribution >= 0.6 is 15.9 Å². The Bertz CT molecular complexity index is 929. The Balaban J connectivity index is 1.82. The summed E-state index contributed by atoms with van der Waals surface area (Å²) in [6.45, 7) is 7.62. The van der Waals surface area contributed by atoms with Crippen LogP contribution < -0.4 is 0 Å². The van der Waals surface area contributed by atoms with Crippen LogP contribution in [0.4, 0.5) is 0 Å². The number of amides is 1. The number of benzene rings is 2. The van der Waals surface area contributed by atoms with E-state index in [0.717, 1.165) is 16.7 Å². The molecule has 0 unspecified atom stereocenters. The van der Waals surface area contributed by atoms with Gasteiger partial charge in [0.2, 0.25) is 0 Å². The summed E-state index contributed by atoms with van der Waals surface area (Å²) in [6.07, 6.45) is 2.08. The van der Waals surface area contributed by atoms with Crippen molar-refractivity contribution in [2.75, 3.05) is 0 Å². The molecular weight excluding hydrogens is 400 g/mol. The smallest absolute Gasteiger partial charge is 0.254 e. The van der Waals surface area contributed by atoms with Gasteiger partial charge < -0.3 is 9.47 Å². The highest BCUT2D eigenvalue weighted by Gasteiger charge is 2.20. The van der Waals surface area contributed by atoms with E-state index in [1.54, 1.807) is 0 Å². The summed E-state index contributed by atoms with van der Waals surface area (Å²) < 4.78 is 3.14. The summed E-state index contributed by atoms with van der Waals surface area (Å²) in [5.74, 6) is 0.0506. The van der Waals surface area contributed by atoms with E-state index < -0.39 is 0 Å². The molecule has 0 aliphatic heterocycles. The zero-order valence-corrected chi connectivity index (χ0v) is 17.6. The normalized spacial score (nSPS) is 11.0. The van der Waals surface area contributed by atoms with Gasteiger partial charge >= 0.3 is 0 Å². The minimum absolute atomic E-state index is 0.0506. The summed E-state index contributed by atoms with van der Waals surface area (Å²) in [7, 11) is 0. The number of hydrogen-bond donors (Lipinski definition) is 0. The predicted molar refractivity (Wildman–Crippen MR) is 114 cm³/mol. The number of nitrogens with zero attached hydrogens (tertiary/aromatic N) is 2. The van der Waals surface area contributed by atoms with Gasteiger partial charge in [0.15, 0.2) is 0 Å². The number of carbonyl (C=O) groups is 1. The second-order valence-corrected chi connectivity index (χ2v) is 8.07. The number of aromatic nitrogens is 1. The van der Waals surface area contributed by atoms with Crippen LogP contribution in [0.15, 0.2) is 71.3 Å².